The predicted octanol–water partition coefficient (Wildman–Crippen LogP) is 2.07. The first-order valence-corrected chi connectivity index (χ1v) is 9.23. The maximum atomic E-state index is 12.6. The fourth-order valence-corrected chi connectivity index (χ4v) is 3.63. The average molecular weight is 402 g/mol. The van der Waals surface area contributed by atoms with Crippen molar-refractivity contribution in [1.82, 2.24) is 5.32 Å². The Morgan fingerprint density at radius 2 is 2.18 bits per heavy atom. The maximum Gasteiger partial charge on any atom is 0.336 e. The van der Waals surface area contributed by atoms with Gasteiger partial charge < -0.3 is 15.8 Å². The molecule has 1 amide bonds. The third-order valence-electron chi connectivity index (χ3n) is 3.92. The van der Waals surface area contributed by atoms with Crippen LogP contribution in [0, 0.1) is 21.4 Å². The molecule has 10 heteroatoms. The van der Waals surface area contributed by atoms with Crippen LogP contribution >= 0.6 is 11.8 Å². The van der Waals surface area contributed by atoms with E-state index in [2.05, 4.69) is 11.4 Å². The van der Waals surface area contributed by atoms with Crippen LogP contribution in [0.15, 0.2) is 46.1 Å². The van der Waals surface area contributed by atoms with E-state index < -0.39 is 22.7 Å². The summed E-state index contributed by atoms with van der Waals surface area (Å²) in [5.41, 5.74) is 6.19. The molecule has 9 nitrogen and oxygen atoms in total. The number of hydrogen-bond donors (Lipinski definition) is 2. The minimum Gasteiger partial charge on any atom is -0.463 e. The standard InChI is InChI=1S/C18H18N4O5S/c1-3-27-18(24)15-10(2)21-17(28-9-14(20)23)13(8-19)16(15)11-5-4-6-12(7-11)22(25)26/h4-7,16,21H,3,9H2,1-2H3,(H2,20,23)/t16-/m0/s1. The number of allylic oxidation sites excluding steroid dienone is 2. The summed E-state index contributed by atoms with van der Waals surface area (Å²) in [5, 5.41) is 24.3. The number of carbonyl (C=O) groups excluding carboxylic acids is 2. The highest BCUT2D eigenvalue weighted by Gasteiger charge is 2.36. The van der Waals surface area contributed by atoms with Gasteiger partial charge in [0.1, 0.15) is 0 Å². The molecule has 0 aromatic heterocycles. The van der Waals surface area contributed by atoms with Crippen LogP contribution < -0.4 is 11.1 Å². The van der Waals surface area contributed by atoms with Gasteiger partial charge in [-0.05, 0) is 19.4 Å². The van der Waals surface area contributed by atoms with E-state index >= 15 is 0 Å². The lowest BCUT2D eigenvalue weighted by Gasteiger charge is -2.29. The molecule has 3 N–H and O–H groups in total. The van der Waals surface area contributed by atoms with Gasteiger partial charge in [-0.1, -0.05) is 23.9 Å². The number of benzene rings is 1. The van der Waals surface area contributed by atoms with Gasteiger partial charge in [0.2, 0.25) is 5.91 Å². The Balaban J connectivity index is 2.65. The molecule has 0 radical (unpaired) electrons. The molecule has 1 aromatic rings. The monoisotopic (exact) mass is 402 g/mol. The van der Waals surface area contributed by atoms with Gasteiger partial charge in [-0.2, -0.15) is 5.26 Å². The summed E-state index contributed by atoms with van der Waals surface area (Å²) in [7, 11) is 0. The molecule has 1 aromatic carbocycles. The number of ether oxygens (including phenoxy) is 1. The van der Waals surface area contributed by atoms with E-state index in [-0.39, 0.29) is 29.2 Å². The lowest BCUT2D eigenvalue weighted by Crippen LogP contribution is -2.29. The fourth-order valence-electron chi connectivity index (χ4n) is 2.80. The number of rotatable bonds is 7. The maximum absolute atomic E-state index is 12.6. The van der Waals surface area contributed by atoms with E-state index in [9.17, 15) is 25.0 Å². The van der Waals surface area contributed by atoms with Crippen molar-refractivity contribution in [2.24, 2.45) is 5.73 Å². The van der Waals surface area contributed by atoms with Crippen LogP contribution in [0.5, 0.6) is 0 Å². The summed E-state index contributed by atoms with van der Waals surface area (Å²) >= 11 is 1.03. The molecule has 0 saturated heterocycles. The van der Waals surface area contributed by atoms with Crippen molar-refractivity contribution in [1.29, 1.82) is 5.26 Å². The van der Waals surface area contributed by atoms with Crippen molar-refractivity contribution in [2.75, 3.05) is 12.4 Å². The van der Waals surface area contributed by atoms with E-state index in [1.54, 1.807) is 19.9 Å². The van der Waals surface area contributed by atoms with Gasteiger partial charge in [-0.3, -0.25) is 14.9 Å². The number of dihydropyridines is 1. The number of thioether (sulfide) groups is 1. The van der Waals surface area contributed by atoms with Gasteiger partial charge >= 0.3 is 5.97 Å². The highest BCUT2D eigenvalue weighted by Crippen LogP contribution is 2.41. The van der Waals surface area contributed by atoms with Gasteiger partial charge in [-0.15, -0.1) is 0 Å². The molecule has 1 aliphatic heterocycles. The van der Waals surface area contributed by atoms with Gasteiger partial charge in [0.15, 0.2) is 0 Å². The molecule has 0 bridgehead atoms. The first kappa shape index (κ1) is 21.0. The minimum absolute atomic E-state index is 0.0722. The zero-order chi connectivity index (χ0) is 20.8. The first-order valence-electron chi connectivity index (χ1n) is 8.24. The second-order valence-corrected chi connectivity index (χ2v) is 6.76. The molecule has 1 atom stereocenters. The van der Waals surface area contributed by atoms with E-state index in [0.29, 0.717) is 16.3 Å². The van der Waals surface area contributed by atoms with E-state index in [1.165, 1.54) is 18.2 Å². The molecular weight excluding hydrogens is 384 g/mol. The lowest BCUT2D eigenvalue weighted by atomic mass is 9.82. The molecule has 0 spiro atoms. The van der Waals surface area contributed by atoms with Crippen molar-refractivity contribution < 1.29 is 19.2 Å². The number of nitro benzene ring substituents is 1. The zero-order valence-electron chi connectivity index (χ0n) is 15.2. The Labute approximate surface area is 165 Å². The Morgan fingerprint density at radius 1 is 1.46 bits per heavy atom. The number of nitrogens with zero attached hydrogens (tertiary/aromatic N) is 2. The van der Waals surface area contributed by atoms with Gasteiger partial charge in [-0.25, -0.2) is 4.79 Å². The number of carbonyl (C=O) groups is 2. The average Bonchev–Trinajstić information content (AvgIpc) is 2.65. The molecule has 2 rings (SSSR count). The van der Waals surface area contributed by atoms with E-state index in [1.807, 2.05) is 0 Å². The molecular formula is C18H18N4O5S. The normalized spacial score (nSPS) is 16.2. The molecule has 0 saturated carbocycles. The Bertz CT molecular complexity index is 932. The number of nitrogens with one attached hydrogen (secondary N) is 1. The summed E-state index contributed by atoms with van der Waals surface area (Å²) in [4.78, 5) is 34.3. The molecule has 0 aliphatic carbocycles. The third-order valence-corrected chi connectivity index (χ3v) is 4.96. The number of amides is 1. The summed E-state index contributed by atoms with van der Waals surface area (Å²) in [6, 6.07) is 7.78. The van der Waals surface area contributed by atoms with E-state index in [4.69, 9.17) is 10.5 Å². The molecule has 0 fully saturated rings. The van der Waals surface area contributed by atoms with Crippen molar-refractivity contribution in [3.63, 3.8) is 0 Å². The second kappa shape index (κ2) is 9.05. The van der Waals surface area contributed by atoms with Crippen LogP contribution in [0.25, 0.3) is 0 Å². The van der Waals surface area contributed by atoms with Crippen molar-refractivity contribution in [3.05, 3.63) is 61.8 Å². The Kier molecular flexibility index (Phi) is 6.79. The van der Waals surface area contributed by atoms with E-state index in [0.717, 1.165) is 11.8 Å². The number of nitro groups is 1. The lowest BCUT2D eigenvalue weighted by molar-refractivity contribution is -0.384. The third kappa shape index (κ3) is 4.50. The molecule has 28 heavy (non-hydrogen) atoms. The molecule has 1 heterocycles. The Hall–Kier alpha value is -3.32. The zero-order valence-corrected chi connectivity index (χ0v) is 16.0. The van der Waals surface area contributed by atoms with Crippen molar-refractivity contribution in [2.45, 2.75) is 19.8 Å². The summed E-state index contributed by atoms with van der Waals surface area (Å²) < 4.78 is 5.12. The van der Waals surface area contributed by atoms with Crippen LogP contribution in [0.3, 0.4) is 0 Å². The highest BCUT2D eigenvalue weighted by atomic mass is 32.2. The number of nitrogens with two attached hydrogens (primary N) is 1. The van der Waals surface area contributed by atoms with Crippen LogP contribution in [-0.4, -0.2) is 29.2 Å². The van der Waals surface area contributed by atoms with Crippen LogP contribution in [-0.2, 0) is 14.3 Å². The number of nitriles is 1. The first-order chi connectivity index (χ1) is 13.3. The second-order valence-electron chi connectivity index (χ2n) is 5.78. The summed E-state index contributed by atoms with van der Waals surface area (Å²) in [5.74, 6) is -2.14. The molecule has 0 unspecified atom stereocenters. The Morgan fingerprint density at radius 3 is 2.75 bits per heavy atom. The fraction of sp³-hybridized carbons (Fsp3) is 0.278. The van der Waals surface area contributed by atoms with Crippen LogP contribution in [0.2, 0.25) is 0 Å². The number of primary amides is 1. The number of esters is 1. The van der Waals surface area contributed by atoms with Gasteiger partial charge in [0, 0.05) is 17.8 Å². The highest BCUT2D eigenvalue weighted by molar-refractivity contribution is 8.03. The van der Waals surface area contributed by atoms with Crippen LogP contribution in [0.4, 0.5) is 5.69 Å². The largest absolute Gasteiger partial charge is 0.463 e. The van der Waals surface area contributed by atoms with Crippen molar-refractivity contribution >= 4 is 29.3 Å². The quantitative estimate of drug-likeness (QED) is 0.400. The number of non-ortho nitro benzene ring substituents is 1. The SMILES string of the molecule is CCOC(=O)C1=C(C)NC(SCC(N)=O)=C(C#N)[C@@H]1c1cccc([N+](=O)[O-])c1. The van der Waals surface area contributed by atoms with Gasteiger partial charge in [0.05, 0.1) is 45.4 Å². The topological polar surface area (TPSA) is 148 Å². The summed E-state index contributed by atoms with van der Waals surface area (Å²) in [6.07, 6.45) is 0. The van der Waals surface area contributed by atoms with Crippen LogP contribution in [0.1, 0.15) is 25.3 Å². The predicted molar refractivity (Wildman–Crippen MR) is 103 cm³/mol. The van der Waals surface area contributed by atoms with Gasteiger partial charge in [0.25, 0.3) is 5.69 Å². The molecule has 1 aliphatic rings. The molecule has 146 valence electrons. The number of hydrogen-bond acceptors (Lipinski definition) is 8. The summed E-state index contributed by atoms with van der Waals surface area (Å²) in [6.45, 7) is 3.42. The minimum atomic E-state index is -0.874. The van der Waals surface area contributed by atoms with Crippen molar-refractivity contribution in [3.8, 4) is 6.07 Å². The smallest absolute Gasteiger partial charge is 0.336 e.